The van der Waals surface area contributed by atoms with Crippen LogP contribution in [0.1, 0.15) is 32.8 Å². The maximum absolute atomic E-state index is 12.1. The van der Waals surface area contributed by atoms with Crippen LogP contribution in [0.5, 0.6) is 5.75 Å². The van der Waals surface area contributed by atoms with Crippen molar-refractivity contribution in [2.24, 2.45) is 0 Å². The summed E-state index contributed by atoms with van der Waals surface area (Å²) in [7, 11) is 1.38. The molecule has 0 bridgehead atoms. The third-order valence-corrected chi connectivity index (χ3v) is 5.35. The Morgan fingerprint density at radius 2 is 2.12 bits per heavy atom. The number of aryl methyl sites for hydroxylation is 2. The topological polar surface area (TPSA) is 70.6 Å². The fourth-order valence-electron chi connectivity index (χ4n) is 2.81. The van der Waals surface area contributed by atoms with Crippen LogP contribution in [0.25, 0.3) is 0 Å². The summed E-state index contributed by atoms with van der Waals surface area (Å²) in [5, 5.41) is 17.0. The molecule has 0 fully saturated rings. The van der Waals surface area contributed by atoms with Crippen molar-refractivity contribution in [1.29, 1.82) is 0 Å². The third-order valence-electron chi connectivity index (χ3n) is 3.94. The number of phenolic OH excluding ortho intramolecular Hbond substituents is 1. The van der Waals surface area contributed by atoms with Gasteiger partial charge in [-0.25, -0.2) is 4.79 Å². The van der Waals surface area contributed by atoms with Crippen molar-refractivity contribution in [3.05, 3.63) is 39.8 Å². The summed E-state index contributed by atoms with van der Waals surface area (Å²) in [5.41, 5.74) is 3.11. The highest BCUT2D eigenvalue weighted by atomic mass is 32.1. The Kier molecular flexibility index (Phi) is 4.73. The minimum Gasteiger partial charge on any atom is -0.506 e. The number of rotatable bonds is 3. The SMILES string of the molecule is COC(=O)c1c(NC(=S)Nc2ccc(C)cc2O)sc2c1CCC2. The van der Waals surface area contributed by atoms with E-state index in [2.05, 4.69) is 10.6 Å². The number of hydrogen-bond donors (Lipinski definition) is 3. The van der Waals surface area contributed by atoms with Crippen molar-refractivity contribution >= 4 is 45.3 Å². The maximum atomic E-state index is 12.1. The quantitative estimate of drug-likeness (QED) is 0.438. The lowest BCUT2D eigenvalue weighted by Gasteiger charge is -2.12. The number of carbonyl (C=O) groups is 1. The molecule has 1 aliphatic rings. The second kappa shape index (κ2) is 6.78. The highest BCUT2D eigenvalue weighted by Gasteiger charge is 2.27. The van der Waals surface area contributed by atoms with Gasteiger partial charge in [-0.05, 0) is 61.7 Å². The average Bonchev–Trinajstić information content (AvgIpc) is 3.10. The molecule has 5 nitrogen and oxygen atoms in total. The highest BCUT2D eigenvalue weighted by molar-refractivity contribution is 7.80. The van der Waals surface area contributed by atoms with E-state index in [4.69, 9.17) is 17.0 Å². The van der Waals surface area contributed by atoms with Gasteiger partial charge in [0.15, 0.2) is 5.11 Å². The molecule has 0 saturated carbocycles. The molecule has 1 aliphatic carbocycles. The normalized spacial score (nSPS) is 12.6. The fraction of sp³-hybridized carbons (Fsp3) is 0.294. The van der Waals surface area contributed by atoms with Gasteiger partial charge in [-0.2, -0.15) is 0 Å². The summed E-state index contributed by atoms with van der Waals surface area (Å²) in [5.74, 6) is -0.223. The first-order chi connectivity index (χ1) is 11.5. The smallest absolute Gasteiger partial charge is 0.341 e. The predicted molar refractivity (Wildman–Crippen MR) is 100 cm³/mol. The minimum absolute atomic E-state index is 0.126. The van der Waals surface area contributed by atoms with Crippen LogP contribution in [0.15, 0.2) is 18.2 Å². The molecule has 0 saturated heterocycles. The van der Waals surface area contributed by atoms with Gasteiger partial charge in [-0.1, -0.05) is 6.07 Å². The van der Waals surface area contributed by atoms with Crippen LogP contribution >= 0.6 is 23.6 Å². The molecule has 3 rings (SSSR count). The summed E-state index contributed by atoms with van der Waals surface area (Å²) < 4.78 is 4.92. The minimum atomic E-state index is -0.349. The molecular formula is C17H18N2O3S2. The van der Waals surface area contributed by atoms with E-state index < -0.39 is 0 Å². The summed E-state index contributed by atoms with van der Waals surface area (Å²) in [4.78, 5) is 13.3. The van der Waals surface area contributed by atoms with E-state index in [1.807, 2.05) is 13.0 Å². The Labute approximate surface area is 149 Å². The van der Waals surface area contributed by atoms with E-state index in [0.29, 0.717) is 21.4 Å². The van der Waals surface area contributed by atoms with Gasteiger partial charge in [0, 0.05) is 4.88 Å². The Bertz CT molecular complexity index is 814. The summed E-state index contributed by atoms with van der Waals surface area (Å²) >= 11 is 6.86. The number of fused-ring (bicyclic) bond motifs is 1. The molecule has 1 heterocycles. The second-order valence-electron chi connectivity index (χ2n) is 5.65. The first-order valence-corrected chi connectivity index (χ1v) is 8.82. The molecule has 126 valence electrons. The van der Waals surface area contributed by atoms with Gasteiger partial charge in [0.2, 0.25) is 0 Å². The third kappa shape index (κ3) is 3.22. The first-order valence-electron chi connectivity index (χ1n) is 7.60. The van der Waals surface area contributed by atoms with Crippen LogP contribution in [0, 0.1) is 6.92 Å². The maximum Gasteiger partial charge on any atom is 0.341 e. The number of anilines is 2. The van der Waals surface area contributed by atoms with Crippen molar-refractivity contribution in [1.82, 2.24) is 0 Å². The van der Waals surface area contributed by atoms with Gasteiger partial charge in [-0.15, -0.1) is 11.3 Å². The lowest BCUT2D eigenvalue weighted by Crippen LogP contribution is -2.20. The number of thiophene rings is 1. The molecule has 0 aliphatic heterocycles. The number of methoxy groups -OCH3 is 1. The van der Waals surface area contributed by atoms with Gasteiger partial charge in [0.1, 0.15) is 10.8 Å². The summed E-state index contributed by atoms with van der Waals surface area (Å²) in [6, 6.07) is 5.29. The van der Waals surface area contributed by atoms with E-state index in [1.54, 1.807) is 12.1 Å². The Morgan fingerprint density at radius 1 is 1.33 bits per heavy atom. The summed E-state index contributed by atoms with van der Waals surface area (Å²) in [6.45, 7) is 1.90. The highest BCUT2D eigenvalue weighted by Crippen LogP contribution is 2.39. The van der Waals surface area contributed by atoms with E-state index in [1.165, 1.54) is 23.3 Å². The predicted octanol–water partition coefficient (Wildman–Crippen LogP) is 3.85. The van der Waals surface area contributed by atoms with Crippen molar-refractivity contribution in [2.45, 2.75) is 26.2 Å². The van der Waals surface area contributed by atoms with E-state index in [9.17, 15) is 9.90 Å². The number of thiocarbonyl (C=S) groups is 1. The van der Waals surface area contributed by atoms with Gasteiger partial charge < -0.3 is 20.5 Å². The van der Waals surface area contributed by atoms with Crippen molar-refractivity contribution in [2.75, 3.05) is 17.7 Å². The molecule has 0 radical (unpaired) electrons. The van der Waals surface area contributed by atoms with Crippen LogP contribution in [0.2, 0.25) is 0 Å². The molecule has 24 heavy (non-hydrogen) atoms. The van der Waals surface area contributed by atoms with Crippen molar-refractivity contribution < 1.29 is 14.6 Å². The van der Waals surface area contributed by atoms with Crippen molar-refractivity contribution in [3.8, 4) is 5.75 Å². The molecule has 7 heteroatoms. The molecule has 0 spiro atoms. The summed E-state index contributed by atoms with van der Waals surface area (Å²) in [6.07, 6.45) is 2.92. The Morgan fingerprint density at radius 3 is 2.83 bits per heavy atom. The number of carbonyl (C=O) groups excluding carboxylic acids is 1. The lowest BCUT2D eigenvalue weighted by atomic mass is 10.1. The van der Waals surface area contributed by atoms with Gasteiger partial charge in [-0.3, -0.25) is 0 Å². The lowest BCUT2D eigenvalue weighted by molar-refractivity contribution is 0.0601. The van der Waals surface area contributed by atoms with E-state index in [-0.39, 0.29) is 11.7 Å². The fourth-order valence-corrected chi connectivity index (χ4v) is 4.37. The van der Waals surface area contributed by atoms with Crippen LogP contribution in [0.3, 0.4) is 0 Å². The van der Waals surface area contributed by atoms with Crippen LogP contribution in [-0.4, -0.2) is 23.3 Å². The number of hydrogen-bond acceptors (Lipinski definition) is 5. The molecule has 3 N–H and O–H groups in total. The molecule has 0 unspecified atom stereocenters. The van der Waals surface area contributed by atoms with Gasteiger partial charge in [0.05, 0.1) is 18.4 Å². The molecule has 0 atom stereocenters. The monoisotopic (exact) mass is 362 g/mol. The first kappa shape index (κ1) is 16.7. The Balaban J connectivity index is 1.81. The molecular weight excluding hydrogens is 344 g/mol. The standard InChI is InChI=1S/C17H18N2O3S2/c1-9-6-7-11(12(20)8-9)18-17(23)19-15-14(16(21)22-2)10-4-3-5-13(10)24-15/h6-8,20H,3-5H2,1-2H3,(H2,18,19,23). The zero-order valence-corrected chi connectivity index (χ0v) is 15.1. The molecule has 0 amide bonds. The number of phenols is 1. The van der Waals surface area contributed by atoms with Gasteiger partial charge >= 0.3 is 5.97 Å². The van der Waals surface area contributed by atoms with Crippen LogP contribution in [0.4, 0.5) is 10.7 Å². The molecule has 1 aromatic heterocycles. The Hall–Kier alpha value is -2.12. The number of benzene rings is 1. The number of aromatic hydroxyl groups is 1. The average molecular weight is 362 g/mol. The number of esters is 1. The van der Waals surface area contributed by atoms with Crippen LogP contribution in [-0.2, 0) is 17.6 Å². The number of nitrogens with one attached hydrogen (secondary N) is 2. The van der Waals surface area contributed by atoms with Crippen molar-refractivity contribution in [3.63, 3.8) is 0 Å². The van der Waals surface area contributed by atoms with E-state index >= 15 is 0 Å². The zero-order chi connectivity index (χ0) is 17.3. The molecule has 2 aromatic rings. The number of ether oxygens (including phenoxy) is 1. The van der Waals surface area contributed by atoms with Gasteiger partial charge in [0.25, 0.3) is 0 Å². The van der Waals surface area contributed by atoms with E-state index in [0.717, 1.165) is 30.4 Å². The second-order valence-corrected chi connectivity index (χ2v) is 7.17. The molecule has 1 aromatic carbocycles. The van der Waals surface area contributed by atoms with Crippen LogP contribution < -0.4 is 10.6 Å². The largest absolute Gasteiger partial charge is 0.506 e. The zero-order valence-electron chi connectivity index (χ0n) is 13.4.